The van der Waals surface area contributed by atoms with E-state index in [4.69, 9.17) is 38.1 Å². The van der Waals surface area contributed by atoms with Crippen LogP contribution >= 0.6 is 0 Å². The molecule has 13 amide bonds. The number of hydrogen-bond donors (Lipinski definition) is 13. The van der Waals surface area contributed by atoms with Gasteiger partial charge in [0.15, 0.2) is 0 Å². The number of nitrogens with two attached hydrogens (primary N) is 5. The molecule has 30 heteroatoms. The van der Waals surface area contributed by atoms with Crippen LogP contribution in [0.5, 0.6) is 0 Å². The molecule has 0 radical (unpaired) electrons. The van der Waals surface area contributed by atoms with Crippen molar-refractivity contribution in [2.75, 3.05) is 32.8 Å². The van der Waals surface area contributed by atoms with Crippen molar-refractivity contribution in [1.82, 2.24) is 41.7 Å². The number of nitrogens with zero attached hydrogens (tertiary/aromatic N) is 2. The van der Waals surface area contributed by atoms with Gasteiger partial charge in [-0.05, 0) is 71.0 Å². The molecule has 2 aromatic carbocycles. The zero-order valence-corrected chi connectivity index (χ0v) is 44.8. The fourth-order valence-electron chi connectivity index (χ4n) is 7.19. The van der Waals surface area contributed by atoms with Gasteiger partial charge in [-0.15, -0.1) is 0 Å². The number of carbonyl (C=O) groups is 13. The predicted octanol–water partition coefficient (Wildman–Crippen LogP) is -4.85. The molecule has 0 unspecified atom stereocenters. The van der Waals surface area contributed by atoms with E-state index in [0.29, 0.717) is 16.0 Å². The quantitative estimate of drug-likeness (QED) is 0.0306. The molecule has 0 aliphatic carbocycles. The van der Waals surface area contributed by atoms with Gasteiger partial charge < -0.3 is 80.3 Å². The highest BCUT2D eigenvalue weighted by Gasteiger charge is 2.44. The molecule has 30 nitrogen and oxygen atoms in total. The van der Waals surface area contributed by atoms with Crippen molar-refractivity contribution in [3.63, 3.8) is 0 Å². The van der Waals surface area contributed by atoms with Crippen molar-refractivity contribution in [1.29, 1.82) is 0 Å². The van der Waals surface area contributed by atoms with E-state index in [9.17, 15) is 72.5 Å². The zero-order valence-electron chi connectivity index (χ0n) is 44.8. The van der Waals surface area contributed by atoms with Crippen LogP contribution in [0.3, 0.4) is 0 Å². The van der Waals surface area contributed by atoms with Gasteiger partial charge in [-0.1, -0.05) is 60.7 Å². The number of aliphatic hydroxyl groups excluding tert-OH is 2. The van der Waals surface area contributed by atoms with Gasteiger partial charge >= 0.3 is 12.2 Å². The molecular weight excluding hydrogens is 1050 g/mol. The summed E-state index contributed by atoms with van der Waals surface area (Å²) in [5.41, 5.74) is 27.4. The van der Waals surface area contributed by atoms with E-state index in [1.54, 1.807) is 60.7 Å². The molecule has 0 saturated carbocycles. The van der Waals surface area contributed by atoms with Crippen molar-refractivity contribution in [3.05, 3.63) is 71.8 Å². The maximum Gasteiger partial charge on any atom is 0.417 e. The topological polar surface area (TPSA) is 490 Å². The van der Waals surface area contributed by atoms with E-state index < -0.39 is 171 Å². The zero-order chi connectivity index (χ0) is 60.3. The molecule has 0 heterocycles. The molecule has 0 aliphatic rings. The minimum atomic E-state index is -2.15. The van der Waals surface area contributed by atoms with Gasteiger partial charge in [0.25, 0.3) is 5.91 Å². The van der Waals surface area contributed by atoms with E-state index in [2.05, 4.69) is 31.9 Å². The minimum Gasteiger partial charge on any atom is -0.444 e. The Morgan fingerprint density at radius 1 is 0.588 bits per heavy atom. The van der Waals surface area contributed by atoms with Crippen LogP contribution < -0.4 is 60.6 Å². The number of hydrogen-bond acceptors (Lipinski definition) is 19. The number of amides is 13. The number of primary amides is 3. The fraction of sp³-hybridized carbons (Fsp3) is 0.500. The van der Waals surface area contributed by atoms with E-state index in [-0.39, 0.29) is 43.7 Å². The SMILES string of the molecule is C[C@H](N)C(=O)N(C(=O)OCc1ccccc1)[C@@H](CCCCN)C(=O)N[C@@H](CO)C(=O)N(C(=O)OC(C)(C)C)[C@@H](CCC(N)=O)C(=O)NCC(=O)NCC(=O)N[C@@H](CO)C(=O)N[C@@H](CC(N)=O)C(=O)N[C@@H](Cc1ccccc1)C(N)=O. The van der Waals surface area contributed by atoms with E-state index >= 15 is 0 Å². The molecule has 2 rings (SSSR count). The van der Waals surface area contributed by atoms with Gasteiger partial charge in [-0.25, -0.2) is 19.4 Å². The van der Waals surface area contributed by atoms with Crippen molar-refractivity contribution in [2.45, 2.75) is 127 Å². The Hall–Kier alpha value is -8.61. The summed E-state index contributed by atoms with van der Waals surface area (Å²) in [6.07, 6.45) is -5.00. The van der Waals surface area contributed by atoms with Gasteiger partial charge in [0.05, 0.1) is 38.8 Å². The Morgan fingerprint density at radius 2 is 1.11 bits per heavy atom. The Kier molecular flexibility index (Phi) is 28.4. The van der Waals surface area contributed by atoms with Crippen molar-refractivity contribution >= 4 is 77.2 Å². The summed E-state index contributed by atoms with van der Waals surface area (Å²) in [4.78, 5) is 173. The van der Waals surface area contributed by atoms with Crippen LogP contribution in [0.25, 0.3) is 0 Å². The number of imide groups is 2. The number of nitrogens with one attached hydrogen (secondary N) is 6. The lowest BCUT2D eigenvalue weighted by molar-refractivity contribution is -0.145. The highest BCUT2D eigenvalue weighted by atomic mass is 16.6. The third-order valence-corrected chi connectivity index (χ3v) is 11.2. The molecule has 0 aromatic heterocycles. The Labute approximate surface area is 460 Å². The largest absolute Gasteiger partial charge is 0.444 e. The lowest BCUT2D eigenvalue weighted by Gasteiger charge is -2.34. The third-order valence-electron chi connectivity index (χ3n) is 11.2. The van der Waals surface area contributed by atoms with Crippen molar-refractivity contribution in [2.24, 2.45) is 28.7 Å². The summed E-state index contributed by atoms with van der Waals surface area (Å²) < 4.78 is 10.8. The molecule has 0 aliphatic heterocycles. The molecule has 2 aromatic rings. The van der Waals surface area contributed by atoms with E-state index in [1.807, 2.05) is 0 Å². The second kappa shape index (κ2) is 33.6. The normalized spacial score (nSPS) is 13.6. The van der Waals surface area contributed by atoms with Crippen molar-refractivity contribution < 1.29 is 82.0 Å². The molecule has 7 atom stereocenters. The number of unbranched alkanes of at least 4 members (excludes halogenated alkanes) is 1. The van der Waals surface area contributed by atoms with Gasteiger partial charge in [0.1, 0.15) is 48.5 Å². The Bertz CT molecular complexity index is 2500. The second-order valence-electron chi connectivity index (χ2n) is 19.0. The monoisotopic (exact) mass is 1130 g/mol. The minimum absolute atomic E-state index is 0.0623. The number of carbonyl (C=O) groups excluding carboxylic acids is 13. The number of ether oxygens (including phenoxy) is 2. The average Bonchev–Trinajstić information content (AvgIpc) is 3.39. The van der Waals surface area contributed by atoms with Crippen LogP contribution in [0.1, 0.15) is 77.3 Å². The highest BCUT2D eigenvalue weighted by Crippen LogP contribution is 2.19. The summed E-state index contributed by atoms with van der Waals surface area (Å²) in [5.74, 6) is -12.7. The average molecular weight is 1130 g/mol. The van der Waals surface area contributed by atoms with E-state index in [0.717, 1.165) is 0 Å². The molecule has 0 fully saturated rings. The van der Waals surface area contributed by atoms with Crippen LogP contribution in [0.4, 0.5) is 9.59 Å². The maximum atomic E-state index is 14.5. The summed E-state index contributed by atoms with van der Waals surface area (Å²) in [6, 6.07) is 4.42. The first-order valence-corrected chi connectivity index (χ1v) is 25.1. The van der Waals surface area contributed by atoms with Gasteiger partial charge in [0, 0.05) is 12.8 Å². The Balaban J connectivity index is 2.34. The Morgan fingerprint density at radius 3 is 1.64 bits per heavy atom. The van der Waals surface area contributed by atoms with Gasteiger partial charge in [-0.3, -0.25) is 52.7 Å². The standard InChI is InChI=1S/C50H73N13O17/c1-28(52)46(75)62(48(77)79-27-30-15-9-6-10-16-30)35(17-11-12-20-51)45(74)61-34(26-65)47(76)63(49(78)80-50(2,3)4)36(18-19-37(53)66)44(73)57-23-39(68)56-24-40(69)58-33(25-64)43(72)60-32(22-38(54)67)42(71)59-31(41(55)70)21-29-13-7-5-8-14-29/h5-10,13-16,28,31-36,64-65H,11-12,17-27,51-52H2,1-4H3,(H2,53,66)(H2,54,67)(H2,55,70)(H,56,68)(H,57,73)(H,58,69)(H,59,71)(H,60,72)(H,61,74)/t28-,31-,32-,33-,34-,35-,36-/m0/s1. The number of benzene rings is 2. The van der Waals surface area contributed by atoms with Crippen LogP contribution in [-0.2, 0) is 75.2 Å². The van der Waals surface area contributed by atoms with Crippen LogP contribution in [0.15, 0.2) is 60.7 Å². The first kappa shape index (κ1) is 67.5. The van der Waals surface area contributed by atoms with Crippen LogP contribution in [0, 0.1) is 0 Å². The summed E-state index contributed by atoms with van der Waals surface area (Å²) in [5, 5.41) is 33.6. The first-order valence-electron chi connectivity index (χ1n) is 25.1. The lowest BCUT2D eigenvalue weighted by atomic mass is 10.0. The number of rotatable bonds is 32. The summed E-state index contributed by atoms with van der Waals surface area (Å²) in [7, 11) is 0. The summed E-state index contributed by atoms with van der Waals surface area (Å²) in [6.45, 7) is 0.860. The third kappa shape index (κ3) is 23.6. The fourth-order valence-corrected chi connectivity index (χ4v) is 7.19. The first-order chi connectivity index (χ1) is 37.6. The summed E-state index contributed by atoms with van der Waals surface area (Å²) >= 11 is 0. The molecule has 80 heavy (non-hydrogen) atoms. The molecule has 18 N–H and O–H groups in total. The molecule has 0 saturated heterocycles. The number of aliphatic hydroxyl groups is 2. The molecular formula is C50H73N13O17. The highest BCUT2D eigenvalue weighted by molar-refractivity contribution is 6.04. The second-order valence-corrected chi connectivity index (χ2v) is 19.0. The van der Waals surface area contributed by atoms with E-state index in [1.165, 1.54) is 27.7 Å². The maximum absolute atomic E-state index is 14.5. The van der Waals surface area contributed by atoms with Gasteiger partial charge in [-0.2, -0.15) is 0 Å². The molecule has 0 bridgehead atoms. The van der Waals surface area contributed by atoms with Gasteiger partial charge in [0.2, 0.25) is 59.1 Å². The predicted molar refractivity (Wildman–Crippen MR) is 280 cm³/mol. The van der Waals surface area contributed by atoms with Crippen LogP contribution in [0.2, 0.25) is 0 Å². The van der Waals surface area contributed by atoms with Crippen LogP contribution in [-0.4, -0.2) is 178 Å². The molecule has 440 valence electrons. The lowest BCUT2D eigenvalue weighted by Crippen LogP contribution is -2.62. The molecule has 0 spiro atoms. The smallest absolute Gasteiger partial charge is 0.417 e. The van der Waals surface area contributed by atoms with Crippen molar-refractivity contribution in [3.8, 4) is 0 Å².